The van der Waals surface area contributed by atoms with Gasteiger partial charge in [-0.2, -0.15) is 0 Å². The lowest BCUT2D eigenvalue weighted by Crippen LogP contribution is -2.31. The van der Waals surface area contributed by atoms with Gasteiger partial charge in [0.25, 0.3) is 0 Å². The summed E-state index contributed by atoms with van der Waals surface area (Å²) >= 11 is 0. The maximum atomic E-state index is 7.09. The van der Waals surface area contributed by atoms with Gasteiger partial charge < -0.3 is 16.5 Å². The number of hydrogen-bond acceptors (Lipinski definition) is 3. The van der Waals surface area contributed by atoms with Crippen molar-refractivity contribution in [3.63, 3.8) is 0 Å². The molecule has 0 bridgehead atoms. The molecule has 0 aliphatic rings. The minimum Gasteiger partial charge on any atom is -0.396 e. The van der Waals surface area contributed by atoms with Gasteiger partial charge in [-0.1, -0.05) is 19.9 Å². The first-order valence-electron chi connectivity index (χ1n) is 4.92. The molecule has 0 saturated carbocycles. The highest BCUT2D eigenvalue weighted by Crippen LogP contribution is 2.05. The summed E-state index contributed by atoms with van der Waals surface area (Å²) in [5.41, 5.74) is 6.97. The van der Waals surface area contributed by atoms with Gasteiger partial charge in [-0.05, 0) is 25.8 Å². The number of rotatable bonds is 5. The highest BCUT2D eigenvalue weighted by molar-refractivity contribution is 5.76. The fraction of sp³-hybridized carbons (Fsp3) is 0.545. The van der Waals surface area contributed by atoms with Crippen molar-refractivity contribution in [2.45, 2.75) is 33.7 Å². The average molecular weight is 195 g/mol. The van der Waals surface area contributed by atoms with Crippen LogP contribution >= 0.6 is 0 Å². The van der Waals surface area contributed by atoms with Gasteiger partial charge in [-0.15, -0.1) is 0 Å². The second-order valence-electron chi connectivity index (χ2n) is 3.69. The van der Waals surface area contributed by atoms with Crippen LogP contribution in [0, 0.1) is 11.3 Å². The molecule has 0 rings (SSSR count). The molecule has 3 heteroatoms. The quantitative estimate of drug-likeness (QED) is 0.464. The first-order valence-corrected chi connectivity index (χ1v) is 4.92. The summed E-state index contributed by atoms with van der Waals surface area (Å²) in [6.45, 7) is 8.32. The Bertz CT molecular complexity index is 239. The molecule has 0 aromatic heterocycles. The highest BCUT2D eigenvalue weighted by atomic mass is 14.9. The average Bonchev–Trinajstić information content (AvgIpc) is 2.15. The Morgan fingerprint density at radius 3 is 2.29 bits per heavy atom. The van der Waals surface area contributed by atoms with E-state index in [4.69, 9.17) is 11.1 Å². The van der Waals surface area contributed by atoms with Gasteiger partial charge in [0.15, 0.2) is 0 Å². The van der Waals surface area contributed by atoms with Crippen molar-refractivity contribution in [2.24, 2.45) is 11.7 Å². The molecule has 0 unspecified atom stereocenters. The predicted molar refractivity (Wildman–Crippen MR) is 62.2 cm³/mol. The van der Waals surface area contributed by atoms with Crippen LogP contribution < -0.4 is 11.1 Å². The maximum Gasteiger partial charge on any atom is 0.0728 e. The minimum absolute atomic E-state index is 0.347. The van der Waals surface area contributed by atoms with Crippen LogP contribution in [0.25, 0.3) is 0 Å². The smallest absolute Gasteiger partial charge is 0.0728 e. The molecule has 0 saturated heterocycles. The summed E-state index contributed by atoms with van der Waals surface area (Å²) in [5.74, 6) is 0.536. The fourth-order valence-electron chi connectivity index (χ4n) is 0.884. The van der Waals surface area contributed by atoms with Gasteiger partial charge in [0.05, 0.1) is 11.4 Å². The van der Waals surface area contributed by atoms with E-state index in [0.29, 0.717) is 17.7 Å². The second kappa shape index (κ2) is 6.24. The Balaban J connectivity index is 4.62. The van der Waals surface area contributed by atoms with Crippen molar-refractivity contribution < 1.29 is 0 Å². The van der Waals surface area contributed by atoms with Crippen molar-refractivity contribution in [3.8, 4) is 0 Å². The zero-order chi connectivity index (χ0) is 11.1. The van der Waals surface area contributed by atoms with Crippen LogP contribution in [0.4, 0.5) is 0 Å². The summed E-state index contributed by atoms with van der Waals surface area (Å²) in [6, 6.07) is 0.347. The third-order valence-electron chi connectivity index (χ3n) is 2.18. The lowest BCUT2D eigenvalue weighted by molar-refractivity contribution is 0.465. The van der Waals surface area contributed by atoms with E-state index in [2.05, 4.69) is 26.1 Å². The van der Waals surface area contributed by atoms with Crippen LogP contribution in [0.2, 0.25) is 0 Å². The number of nitrogens with one attached hydrogen (secondary N) is 2. The molecule has 0 aliphatic heterocycles. The molecule has 0 fully saturated rings. The van der Waals surface area contributed by atoms with Crippen molar-refractivity contribution in [1.29, 1.82) is 5.41 Å². The maximum absolute atomic E-state index is 7.09. The van der Waals surface area contributed by atoms with E-state index in [0.717, 1.165) is 11.9 Å². The lowest BCUT2D eigenvalue weighted by Gasteiger charge is -2.20. The summed E-state index contributed by atoms with van der Waals surface area (Å²) < 4.78 is 0. The van der Waals surface area contributed by atoms with Crippen LogP contribution in [0.3, 0.4) is 0 Å². The zero-order valence-electron chi connectivity index (χ0n) is 9.46. The van der Waals surface area contributed by atoms with Crippen LogP contribution in [-0.4, -0.2) is 12.3 Å². The fourth-order valence-corrected chi connectivity index (χ4v) is 0.884. The lowest BCUT2D eigenvalue weighted by atomic mass is 10.1. The van der Waals surface area contributed by atoms with E-state index >= 15 is 0 Å². The first-order chi connectivity index (χ1) is 6.52. The van der Waals surface area contributed by atoms with E-state index in [-0.39, 0.29) is 0 Å². The normalized spacial score (nSPS) is 15.5. The van der Waals surface area contributed by atoms with E-state index in [1.165, 1.54) is 0 Å². The molecule has 0 spiro atoms. The minimum atomic E-state index is 0.347. The van der Waals surface area contributed by atoms with Gasteiger partial charge in [0, 0.05) is 12.3 Å². The zero-order valence-corrected chi connectivity index (χ0v) is 9.46. The SMILES string of the molecule is C/C=C\C(N[C@@H](C)C(C)C)=C(\N)C=N. The van der Waals surface area contributed by atoms with Gasteiger partial charge in [0.2, 0.25) is 0 Å². The van der Waals surface area contributed by atoms with E-state index in [1.54, 1.807) is 0 Å². The summed E-state index contributed by atoms with van der Waals surface area (Å²) in [7, 11) is 0. The Labute approximate surface area is 86.6 Å². The molecule has 80 valence electrons. The Hall–Kier alpha value is -1.25. The van der Waals surface area contributed by atoms with Crippen molar-refractivity contribution in [1.82, 2.24) is 5.32 Å². The van der Waals surface area contributed by atoms with Crippen LogP contribution in [0.5, 0.6) is 0 Å². The standard InChI is InChI=1S/C11H21N3/c1-5-6-11(10(13)7-12)14-9(4)8(2)3/h5-9,12,14H,13H2,1-4H3/b6-5-,11-10-,12-7?/t9-/m0/s1. The van der Waals surface area contributed by atoms with Gasteiger partial charge in [0.1, 0.15) is 0 Å². The van der Waals surface area contributed by atoms with Gasteiger partial charge in [-0.3, -0.25) is 0 Å². The topological polar surface area (TPSA) is 61.9 Å². The molecule has 4 N–H and O–H groups in total. The van der Waals surface area contributed by atoms with Crippen LogP contribution in [0.15, 0.2) is 23.5 Å². The molecular weight excluding hydrogens is 174 g/mol. The Kier molecular flexibility index (Phi) is 5.68. The molecule has 0 heterocycles. The molecule has 0 amide bonds. The predicted octanol–water partition coefficient (Wildman–Crippen LogP) is 2.02. The van der Waals surface area contributed by atoms with E-state index < -0.39 is 0 Å². The summed E-state index contributed by atoms with van der Waals surface area (Å²) in [4.78, 5) is 0. The van der Waals surface area contributed by atoms with Crippen LogP contribution in [0.1, 0.15) is 27.7 Å². The molecule has 0 aromatic rings. The summed E-state index contributed by atoms with van der Waals surface area (Å²) in [6.07, 6.45) is 4.96. The third-order valence-corrected chi connectivity index (χ3v) is 2.18. The third kappa shape index (κ3) is 4.12. The van der Waals surface area contributed by atoms with Crippen molar-refractivity contribution in [3.05, 3.63) is 23.5 Å². The largest absolute Gasteiger partial charge is 0.396 e. The van der Waals surface area contributed by atoms with Gasteiger partial charge in [-0.25, -0.2) is 0 Å². The van der Waals surface area contributed by atoms with Crippen molar-refractivity contribution >= 4 is 6.21 Å². The number of hydrogen-bond donors (Lipinski definition) is 3. The molecule has 3 nitrogen and oxygen atoms in total. The molecule has 14 heavy (non-hydrogen) atoms. The number of allylic oxidation sites excluding steroid dienone is 3. The van der Waals surface area contributed by atoms with Crippen molar-refractivity contribution in [2.75, 3.05) is 0 Å². The Morgan fingerprint density at radius 1 is 1.36 bits per heavy atom. The Morgan fingerprint density at radius 2 is 1.93 bits per heavy atom. The second-order valence-corrected chi connectivity index (χ2v) is 3.69. The summed E-state index contributed by atoms with van der Waals surface area (Å²) in [5, 5.41) is 10.4. The molecule has 0 radical (unpaired) electrons. The molecular formula is C11H21N3. The molecule has 1 atom stereocenters. The first kappa shape index (κ1) is 12.8. The molecule has 0 aliphatic carbocycles. The van der Waals surface area contributed by atoms with E-state index in [1.807, 2.05) is 19.1 Å². The number of nitrogens with two attached hydrogens (primary N) is 1. The monoisotopic (exact) mass is 195 g/mol. The van der Waals surface area contributed by atoms with Crippen LogP contribution in [-0.2, 0) is 0 Å². The molecule has 0 aromatic carbocycles. The van der Waals surface area contributed by atoms with E-state index in [9.17, 15) is 0 Å². The van der Waals surface area contributed by atoms with Gasteiger partial charge >= 0.3 is 0 Å². The highest BCUT2D eigenvalue weighted by Gasteiger charge is 2.07.